The van der Waals surface area contributed by atoms with Crippen LogP contribution in [0, 0.1) is 11.8 Å². The van der Waals surface area contributed by atoms with Crippen LogP contribution in [0.4, 0.5) is 0 Å². The molecule has 0 N–H and O–H groups in total. The van der Waals surface area contributed by atoms with E-state index in [0.29, 0.717) is 0 Å². The Morgan fingerprint density at radius 3 is 2.33 bits per heavy atom. The fourth-order valence-corrected chi connectivity index (χ4v) is 1.65. The lowest BCUT2D eigenvalue weighted by Crippen LogP contribution is -1.86. The third-order valence-corrected chi connectivity index (χ3v) is 2.54. The van der Waals surface area contributed by atoms with Crippen LogP contribution in [-0.2, 0) is 6.42 Å². The molecule has 0 unspecified atom stereocenters. The summed E-state index contributed by atoms with van der Waals surface area (Å²) in [5.41, 5.74) is 2.56. The fourth-order valence-electron chi connectivity index (χ4n) is 1.65. The van der Waals surface area contributed by atoms with Gasteiger partial charge in [-0.05, 0) is 37.5 Å². The molecule has 0 spiro atoms. The van der Waals surface area contributed by atoms with Crippen molar-refractivity contribution in [3.63, 3.8) is 0 Å². The molecular weight excluding hydrogens is 180 g/mol. The maximum absolute atomic E-state index is 3.06. The van der Waals surface area contributed by atoms with Crippen LogP contribution in [0.5, 0.6) is 0 Å². The van der Waals surface area contributed by atoms with Gasteiger partial charge in [0.1, 0.15) is 0 Å². The average molecular weight is 200 g/mol. The third-order valence-electron chi connectivity index (χ3n) is 2.54. The third kappa shape index (κ3) is 4.70. The molecule has 1 aromatic rings. The Balaban J connectivity index is 2.38. The van der Waals surface area contributed by atoms with Gasteiger partial charge in [-0.25, -0.2) is 0 Å². The second-order valence-electron chi connectivity index (χ2n) is 3.88. The molecule has 0 amide bonds. The van der Waals surface area contributed by atoms with E-state index < -0.39 is 0 Å². The molecule has 0 heteroatoms. The minimum Gasteiger partial charge on any atom is -0.101 e. The molecular formula is C15H20. The Morgan fingerprint density at radius 1 is 1.00 bits per heavy atom. The van der Waals surface area contributed by atoms with Gasteiger partial charge < -0.3 is 0 Å². The molecule has 0 aliphatic carbocycles. The van der Waals surface area contributed by atoms with E-state index in [4.69, 9.17) is 0 Å². The predicted molar refractivity (Wildman–Crippen MR) is 66.8 cm³/mol. The number of hydrogen-bond donors (Lipinski definition) is 0. The quantitative estimate of drug-likeness (QED) is 0.494. The Morgan fingerprint density at radius 2 is 1.73 bits per heavy atom. The summed E-state index contributed by atoms with van der Waals surface area (Å²) < 4.78 is 0. The SMILES string of the molecule is CC#Cc1ccc(CCCCCC)cc1. The second-order valence-corrected chi connectivity index (χ2v) is 3.88. The van der Waals surface area contributed by atoms with E-state index in [-0.39, 0.29) is 0 Å². The van der Waals surface area contributed by atoms with Gasteiger partial charge >= 0.3 is 0 Å². The van der Waals surface area contributed by atoms with Gasteiger partial charge in [-0.2, -0.15) is 0 Å². The van der Waals surface area contributed by atoms with Crippen molar-refractivity contribution in [1.82, 2.24) is 0 Å². The molecule has 0 aliphatic rings. The summed E-state index contributed by atoms with van der Waals surface area (Å²) in [6.07, 6.45) is 6.55. The van der Waals surface area contributed by atoms with Crippen molar-refractivity contribution in [3.8, 4) is 11.8 Å². The number of hydrogen-bond acceptors (Lipinski definition) is 0. The molecule has 0 saturated carbocycles. The molecule has 15 heavy (non-hydrogen) atoms. The Kier molecular flexibility index (Phi) is 5.63. The molecule has 1 aromatic carbocycles. The smallest absolute Gasteiger partial charge is 0.0245 e. The molecule has 0 heterocycles. The standard InChI is InChI=1S/C15H20/c1-3-5-6-7-9-15-12-10-14(8-4-2)11-13-15/h10-13H,3,5-7,9H2,1-2H3. The average Bonchev–Trinajstić information content (AvgIpc) is 2.27. The summed E-state index contributed by atoms with van der Waals surface area (Å²) in [6, 6.07) is 8.63. The maximum atomic E-state index is 3.06. The van der Waals surface area contributed by atoms with Gasteiger partial charge in [-0.15, -0.1) is 5.92 Å². The molecule has 0 fully saturated rings. The van der Waals surface area contributed by atoms with Gasteiger partial charge in [-0.3, -0.25) is 0 Å². The fraction of sp³-hybridized carbons (Fsp3) is 0.467. The number of benzene rings is 1. The zero-order valence-corrected chi connectivity index (χ0v) is 9.84. The first-order valence-corrected chi connectivity index (χ1v) is 5.88. The molecule has 1 rings (SSSR count). The largest absolute Gasteiger partial charge is 0.101 e. The molecule has 0 aliphatic heterocycles. The molecule has 0 radical (unpaired) electrons. The van der Waals surface area contributed by atoms with Crippen LogP contribution in [0.15, 0.2) is 24.3 Å². The van der Waals surface area contributed by atoms with Crippen molar-refractivity contribution >= 4 is 0 Å². The Bertz CT molecular complexity index is 321. The van der Waals surface area contributed by atoms with Crippen molar-refractivity contribution in [2.45, 2.75) is 46.0 Å². The van der Waals surface area contributed by atoms with Crippen molar-refractivity contribution in [2.75, 3.05) is 0 Å². The highest BCUT2D eigenvalue weighted by molar-refractivity contribution is 5.35. The molecule has 80 valence electrons. The summed E-state index contributed by atoms with van der Waals surface area (Å²) in [5.74, 6) is 5.97. The highest BCUT2D eigenvalue weighted by atomic mass is 14.0. The molecule has 0 bridgehead atoms. The van der Waals surface area contributed by atoms with Crippen molar-refractivity contribution in [2.24, 2.45) is 0 Å². The highest BCUT2D eigenvalue weighted by Crippen LogP contribution is 2.09. The number of rotatable bonds is 5. The lowest BCUT2D eigenvalue weighted by molar-refractivity contribution is 0.667. The molecule has 0 aromatic heterocycles. The lowest BCUT2D eigenvalue weighted by atomic mass is 10.0. The molecule has 0 saturated heterocycles. The number of unbranched alkanes of at least 4 members (excludes halogenated alkanes) is 3. The van der Waals surface area contributed by atoms with Gasteiger partial charge in [0.2, 0.25) is 0 Å². The Hall–Kier alpha value is -1.22. The van der Waals surface area contributed by atoms with E-state index in [1.54, 1.807) is 0 Å². The minimum absolute atomic E-state index is 1.12. The van der Waals surface area contributed by atoms with Gasteiger partial charge in [-0.1, -0.05) is 44.2 Å². The predicted octanol–water partition coefficient (Wildman–Crippen LogP) is 4.18. The van der Waals surface area contributed by atoms with Crippen LogP contribution < -0.4 is 0 Å². The van der Waals surface area contributed by atoms with Crippen LogP contribution in [0.1, 0.15) is 50.7 Å². The van der Waals surface area contributed by atoms with Crippen LogP contribution >= 0.6 is 0 Å². The van der Waals surface area contributed by atoms with E-state index in [9.17, 15) is 0 Å². The summed E-state index contributed by atoms with van der Waals surface area (Å²) in [7, 11) is 0. The number of aryl methyl sites for hydroxylation is 1. The minimum atomic E-state index is 1.12. The van der Waals surface area contributed by atoms with E-state index in [1.807, 2.05) is 6.92 Å². The maximum Gasteiger partial charge on any atom is 0.0245 e. The van der Waals surface area contributed by atoms with Crippen LogP contribution in [0.3, 0.4) is 0 Å². The molecule has 0 atom stereocenters. The van der Waals surface area contributed by atoms with E-state index in [1.165, 1.54) is 37.7 Å². The first-order chi connectivity index (χ1) is 7.36. The first-order valence-electron chi connectivity index (χ1n) is 5.88. The van der Waals surface area contributed by atoms with Gasteiger partial charge in [0, 0.05) is 5.56 Å². The second kappa shape index (κ2) is 7.12. The molecule has 0 nitrogen and oxygen atoms in total. The van der Waals surface area contributed by atoms with Crippen molar-refractivity contribution < 1.29 is 0 Å². The normalized spacial score (nSPS) is 9.47. The summed E-state index contributed by atoms with van der Waals surface area (Å²) in [6.45, 7) is 4.12. The van der Waals surface area contributed by atoms with Gasteiger partial charge in [0.25, 0.3) is 0 Å². The zero-order chi connectivity index (χ0) is 10.9. The Labute approximate surface area is 93.7 Å². The van der Waals surface area contributed by atoms with E-state index >= 15 is 0 Å². The summed E-state index contributed by atoms with van der Waals surface area (Å²) in [4.78, 5) is 0. The van der Waals surface area contributed by atoms with Crippen molar-refractivity contribution in [1.29, 1.82) is 0 Å². The van der Waals surface area contributed by atoms with Crippen molar-refractivity contribution in [3.05, 3.63) is 35.4 Å². The zero-order valence-electron chi connectivity index (χ0n) is 9.84. The summed E-state index contributed by atoms with van der Waals surface area (Å²) in [5, 5.41) is 0. The van der Waals surface area contributed by atoms with Crippen LogP contribution in [0.25, 0.3) is 0 Å². The van der Waals surface area contributed by atoms with E-state index in [2.05, 4.69) is 43.0 Å². The van der Waals surface area contributed by atoms with Crippen LogP contribution in [-0.4, -0.2) is 0 Å². The lowest BCUT2D eigenvalue weighted by Gasteiger charge is -2.01. The monoisotopic (exact) mass is 200 g/mol. The first kappa shape index (κ1) is 11.9. The van der Waals surface area contributed by atoms with Gasteiger partial charge in [0.15, 0.2) is 0 Å². The van der Waals surface area contributed by atoms with E-state index in [0.717, 1.165) is 5.56 Å². The summed E-state index contributed by atoms with van der Waals surface area (Å²) >= 11 is 0. The van der Waals surface area contributed by atoms with Gasteiger partial charge in [0.05, 0.1) is 0 Å². The highest BCUT2D eigenvalue weighted by Gasteiger charge is 1.93. The topological polar surface area (TPSA) is 0 Å². The van der Waals surface area contributed by atoms with Crippen LogP contribution in [0.2, 0.25) is 0 Å².